The van der Waals surface area contributed by atoms with Crippen molar-refractivity contribution in [1.82, 2.24) is 9.66 Å². The first-order chi connectivity index (χ1) is 19.6. The molecule has 196 valence electrons. The van der Waals surface area contributed by atoms with Crippen LogP contribution in [0, 0.1) is 0 Å². The van der Waals surface area contributed by atoms with Crippen LogP contribution in [0.1, 0.15) is 11.1 Å². The molecule has 6 aromatic rings. The smallest absolute Gasteiger partial charge is 0.282 e. The normalized spacial score (nSPS) is 12.5. The largest absolute Gasteiger partial charge is 0.487 e. The van der Waals surface area contributed by atoms with Crippen LogP contribution in [0.5, 0.6) is 17.2 Å². The fraction of sp³-hybridized carbons (Fsp3) is 0.0645. The van der Waals surface area contributed by atoms with Crippen molar-refractivity contribution < 1.29 is 18.6 Å². The summed E-state index contributed by atoms with van der Waals surface area (Å²) in [6.45, 7) is 0.526. The van der Waals surface area contributed by atoms with Crippen molar-refractivity contribution in [2.24, 2.45) is 5.10 Å². The van der Waals surface area contributed by atoms with Crippen LogP contribution < -0.4 is 19.8 Å². The molecule has 0 N–H and O–H groups in total. The van der Waals surface area contributed by atoms with Crippen molar-refractivity contribution in [3.8, 4) is 28.8 Å². The lowest BCUT2D eigenvalue weighted by molar-refractivity contribution is 0.174. The van der Waals surface area contributed by atoms with E-state index in [-0.39, 0.29) is 12.4 Å². The maximum absolute atomic E-state index is 13.5. The Balaban J connectivity index is 1.19. The molecule has 0 amide bonds. The number of ether oxygens (including phenoxy) is 3. The zero-order chi connectivity index (χ0) is 27.1. The summed E-state index contributed by atoms with van der Waals surface area (Å²) in [6, 6.07) is 27.6. The van der Waals surface area contributed by atoms with E-state index in [2.05, 4.69) is 5.10 Å². The molecule has 0 saturated heterocycles. The van der Waals surface area contributed by atoms with Gasteiger partial charge >= 0.3 is 0 Å². The van der Waals surface area contributed by atoms with Gasteiger partial charge < -0.3 is 18.6 Å². The molecule has 0 atom stereocenters. The molecule has 0 saturated carbocycles. The van der Waals surface area contributed by atoms with Gasteiger partial charge in [-0.1, -0.05) is 48.0 Å². The first kappa shape index (κ1) is 24.0. The molecule has 8 nitrogen and oxygen atoms in total. The van der Waals surface area contributed by atoms with Crippen LogP contribution in [0.25, 0.3) is 33.5 Å². The van der Waals surface area contributed by atoms with Gasteiger partial charge in [-0.25, -0.2) is 4.98 Å². The molecular formula is C31H20ClN3O5. The minimum atomic E-state index is -0.313. The topological polar surface area (TPSA) is 88.1 Å². The lowest BCUT2D eigenvalue weighted by Gasteiger charge is -2.10. The fourth-order valence-electron chi connectivity index (χ4n) is 4.51. The number of nitrogens with zero attached hydrogens (tertiary/aromatic N) is 3. The van der Waals surface area contributed by atoms with Gasteiger partial charge in [0.05, 0.1) is 22.1 Å². The summed E-state index contributed by atoms with van der Waals surface area (Å²) in [4.78, 5) is 18.2. The Morgan fingerprint density at radius 3 is 2.70 bits per heavy atom. The third kappa shape index (κ3) is 4.44. The minimum absolute atomic E-state index is 0.218. The molecule has 0 spiro atoms. The third-order valence-corrected chi connectivity index (χ3v) is 6.80. The van der Waals surface area contributed by atoms with Gasteiger partial charge in [0.2, 0.25) is 12.6 Å². The molecule has 0 bridgehead atoms. The summed E-state index contributed by atoms with van der Waals surface area (Å²) in [5, 5.41) is 6.26. The van der Waals surface area contributed by atoms with Crippen LogP contribution in [0.2, 0.25) is 5.02 Å². The Bertz CT molecular complexity index is 1960. The number of aromatic nitrogens is 2. The molecule has 7 rings (SSSR count). The Morgan fingerprint density at radius 1 is 0.950 bits per heavy atom. The number of halogens is 1. The Kier molecular flexibility index (Phi) is 5.94. The van der Waals surface area contributed by atoms with Crippen LogP contribution in [0.3, 0.4) is 0 Å². The molecule has 0 radical (unpaired) electrons. The number of rotatable bonds is 6. The van der Waals surface area contributed by atoms with Gasteiger partial charge in [-0.3, -0.25) is 4.79 Å². The Hall–Kier alpha value is -5.08. The van der Waals surface area contributed by atoms with Gasteiger partial charge in [-0.2, -0.15) is 9.78 Å². The quantitative estimate of drug-likeness (QED) is 0.216. The standard InChI is InChI=1S/C31H20ClN3O5/c32-23-13-19(9-11-26(23)37-17-20-10-12-27-28(14-20)39-18-38-27)16-33-35-30(29-15-21-5-1-4-8-25(21)40-29)34-24-7-3-2-6-22(24)31(35)36/h1-16H,17-18H2. The first-order valence-corrected chi connectivity index (χ1v) is 12.9. The zero-order valence-electron chi connectivity index (χ0n) is 20.9. The number of benzene rings is 4. The van der Waals surface area contributed by atoms with Gasteiger partial charge in [0.1, 0.15) is 17.9 Å². The molecular weight excluding hydrogens is 530 g/mol. The molecule has 40 heavy (non-hydrogen) atoms. The molecule has 3 heterocycles. The van der Waals surface area contributed by atoms with E-state index >= 15 is 0 Å². The van der Waals surface area contributed by atoms with E-state index in [1.165, 1.54) is 4.68 Å². The summed E-state index contributed by atoms with van der Waals surface area (Å²) in [6.07, 6.45) is 1.55. The first-order valence-electron chi connectivity index (χ1n) is 12.5. The second kappa shape index (κ2) is 9.91. The van der Waals surface area contributed by atoms with E-state index < -0.39 is 0 Å². The van der Waals surface area contributed by atoms with Crippen LogP contribution >= 0.6 is 11.6 Å². The van der Waals surface area contributed by atoms with Crippen LogP contribution in [-0.2, 0) is 6.61 Å². The van der Waals surface area contributed by atoms with E-state index in [1.54, 1.807) is 36.5 Å². The highest BCUT2D eigenvalue weighted by Gasteiger charge is 2.17. The van der Waals surface area contributed by atoms with Gasteiger partial charge in [-0.15, -0.1) is 0 Å². The second-order valence-electron chi connectivity index (χ2n) is 9.13. The highest BCUT2D eigenvalue weighted by Crippen LogP contribution is 2.33. The van der Waals surface area contributed by atoms with Crippen molar-refractivity contribution in [1.29, 1.82) is 0 Å². The van der Waals surface area contributed by atoms with E-state index in [9.17, 15) is 4.79 Å². The van der Waals surface area contributed by atoms with Crippen molar-refractivity contribution in [2.45, 2.75) is 6.61 Å². The maximum Gasteiger partial charge on any atom is 0.282 e. The van der Waals surface area contributed by atoms with Crippen molar-refractivity contribution in [2.75, 3.05) is 6.79 Å². The lowest BCUT2D eigenvalue weighted by Crippen LogP contribution is -2.20. The third-order valence-electron chi connectivity index (χ3n) is 6.51. The van der Waals surface area contributed by atoms with Crippen LogP contribution in [-0.4, -0.2) is 22.7 Å². The van der Waals surface area contributed by atoms with Crippen LogP contribution in [0.4, 0.5) is 0 Å². The van der Waals surface area contributed by atoms with Gasteiger partial charge in [0.25, 0.3) is 5.56 Å². The maximum atomic E-state index is 13.5. The average Bonchev–Trinajstić information content (AvgIpc) is 3.63. The summed E-state index contributed by atoms with van der Waals surface area (Å²) in [7, 11) is 0. The molecule has 4 aromatic carbocycles. The SMILES string of the molecule is O=c1c2ccccc2nc(-c2cc3ccccc3o2)n1N=Cc1ccc(OCc2ccc3c(c2)OCO3)c(Cl)c1. The Labute approximate surface area is 232 Å². The Morgan fingerprint density at radius 2 is 1.80 bits per heavy atom. The highest BCUT2D eigenvalue weighted by atomic mass is 35.5. The lowest BCUT2D eigenvalue weighted by atomic mass is 10.2. The van der Waals surface area contributed by atoms with E-state index in [1.807, 2.05) is 60.7 Å². The molecule has 9 heteroatoms. The van der Waals surface area contributed by atoms with Gasteiger partial charge in [0, 0.05) is 5.39 Å². The fourth-order valence-corrected chi connectivity index (χ4v) is 4.76. The molecule has 0 aliphatic carbocycles. The number of fused-ring (bicyclic) bond motifs is 3. The zero-order valence-corrected chi connectivity index (χ0v) is 21.7. The molecule has 0 unspecified atom stereocenters. The number of furan rings is 1. The number of para-hydroxylation sites is 2. The van der Waals surface area contributed by atoms with Crippen molar-refractivity contribution in [3.05, 3.63) is 117 Å². The highest BCUT2D eigenvalue weighted by molar-refractivity contribution is 6.32. The minimum Gasteiger partial charge on any atom is -0.487 e. The summed E-state index contributed by atoms with van der Waals surface area (Å²) < 4.78 is 24.0. The van der Waals surface area contributed by atoms with Gasteiger partial charge in [0.15, 0.2) is 17.3 Å². The van der Waals surface area contributed by atoms with E-state index in [0.717, 1.165) is 16.7 Å². The van der Waals surface area contributed by atoms with Crippen molar-refractivity contribution in [3.63, 3.8) is 0 Å². The molecule has 0 fully saturated rings. The number of hydrogen-bond acceptors (Lipinski definition) is 7. The predicted molar refractivity (Wildman–Crippen MR) is 153 cm³/mol. The van der Waals surface area contributed by atoms with E-state index in [4.69, 9.17) is 35.2 Å². The molecule has 2 aromatic heterocycles. The second-order valence-corrected chi connectivity index (χ2v) is 9.54. The predicted octanol–water partition coefficient (Wildman–Crippen LogP) is 6.65. The average molecular weight is 550 g/mol. The number of hydrogen-bond donors (Lipinski definition) is 0. The van der Waals surface area contributed by atoms with Crippen molar-refractivity contribution >= 4 is 39.7 Å². The van der Waals surface area contributed by atoms with Crippen LogP contribution in [0.15, 0.2) is 105 Å². The summed E-state index contributed by atoms with van der Waals surface area (Å²) >= 11 is 6.53. The molecule has 1 aliphatic rings. The van der Waals surface area contributed by atoms with E-state index in [0.29, 0.717) is 56.8 Å². The van der Waals surface area contributed by atoms with Gasteiger partial charge in [-0.05, 0) is 65.7 Å². The summed E-state index contributed by atoms with van der Waals surface area (Å²) in [5.41, 5.74) is 2.54. The molecule has 1 aliphatic heterocycles. The summed E-state index contributed by atoms with van der Waals surface area (Å²) in [5.74, 6) is 2.66. The monoisotopic (exact) mass is 549 g/mol.